The summed E-state index contributed by atoms with van der Waals surface area (Å²) in [5.74, 6) is -0.288. The van der Waals surface area contributed by atoms with E-state index in [0.717, 1.165) is 11.5 Å². The highest BCUT2D eigenvalue weighted by Gasteiger charge is 2.04. The Morgan fingerprint density at radius 3 is 2.85 bits per heavy atom. The van der Waals surface area contributed by atoms with Crippen LogP contribution in [0.2, 0.25) is 5.28 Å². The number of rotatable bonds is 1. The van der Waals surface area contributed by atoms with Crippen molar-refractivity contribution in [1.29, 1.82) is 0 Å². The van der Waals surface area contributed by atoms with Crippen LogP contribution in [-0.4, -0.2) is 9.36 Å². The van der Waals surface area contributed by atoms with Crippen molar-refractivity contribution in [3.8, 4) is 10.6 Å². The fourth-order valence-corrected chi connectivity index (χ4v) is 1.74. The monoisotopic (exact) mass is 214 g/mol. The van der Waals surface area contributed by atoms with E-state index in [1.807, 2.05) is 0 Å². The van der Waals surface area contributed by atoms with Crippen LogP contribution in [0.5, 0.6) is 0 Å². The number of halogens is 2. The molecule has 0 atom stereocenters. The average molecular weight is 215 g/mol. The van der Waals surface area contributed by atoms with Gasteiger partial charge < -0.3 is 0 Å². The molecule has 0 amide bonds. The summed E-state index contributed by atoms with van der Waals surface area (Å²) in [5.41, 5.74) is 0.699. The minimum absolute atomic E-state index is 0.198. The van der Waals surface area contributed by atoms with Gasteiger partial charge in [0.05, 0.1) is 0 Å². The van der Waals surface area contributed by atoms with Gasteiger partial charge in [0.2, 0.25) is 5.28 Å². The molecule has 5 heteroatoms. The van der Waals surface area contributed by atoms with Gasteiger partial charge in [0, 0.05) is 5.56 Å². The first-order valence-electron chi connectivity index (χ1n) is 3.51. The smallest absolute Gasteiger partial charge is 0.207 e. The van der Waals surface area contributed by atoms with E-state index in [9.17, 15) is 4.39 Å². The summed E-state index contributed by atoms with van der Waals surface area (Å²) in [4.78, 5) is 3.93. The second kappa shape index (κ2) is 3.40. The van der Waals surface area contributed by atoms with Crippen LogP contribution in [0.3, 0.4) is 0 Å². The summed E-state index contributed by atoms with van der Waals surface area (Å²) in [6.07, 6.45) is 0. The molecule has 2 rings (SSSR count). The van der Waals surface area contributed by atoms with Crippen LogP contribution in [0, 0.1) is 5.82 Å². The molecule has 0 aliphatic heterocycles. The lowest BCUT2D eigenvalue weighted by Crippen LogP contribution is -1.77. The predicted octanol–water partition coefficient (Wildman–Crippen LogP) is 3.00. The van der Waals surface area contributed by atoms with Crippen molar-refractivity contribution >= 4 is 23.1 Å². The maximum Gasteiger partial charge on any atom is 0.234 e. The quantitative estimate of drug-likeness (QED) is 0.729. The van der Waals surface area contributed by atoms with Crippen molar-refractivity contribution in [1.82, 2.24) is 9.36 Å². The number of hydrogen-bond donors (Lipinski definition) is 0. The minimum Gasteiger partial charge on any atom is -0.207 e. The molecule has 13 heavy (non-hydrogen) atoms. The van der Waals surface area contributed by atoms with Gasteiger partial charge in [-0.05, 0) is 35.3 Å². The maximum atomic E-state index is 12.8. The molecule has 1 heterocycles. The van der Waals surface area contributed by atoms with E-state index in [4.69, 9.17) is 11.6 Å². The molecular weight excluding hydrogens is 211 g/mol. The molecule has 0 radical (unpaired) electrons. The lowest BCUT2D eigenvalue weighted by Gasteiger charge is -1.93. The molecule has 0 aliphatic rings. The van der Waals surface area contributed by atoms with Gasteiger partial charge in [0.15, 0.2) is 0 Å². The Hall–Kier alpha value is -1.00. The highest BCUT2D eigenvalue weighted by Crippen LogP contribution is 2.23. The van der Waals surface area contributed by atoms with E-state index < -0.39 is 0 Å². The highest BCUT2D eigenvalue weighted by atomic mass is 35.5. The third-order valence-corrected chi connectivity index (χ3v) is 2.51. The number of aromatic nitrogens is 2. The van der Waals surface area contributed by atoms with Crippen molar-refractivity contribution in [3.05, 3.63) is 35.4 Å². The van der Waals surface area contributed by atoms with Gasteiger partial charge in [0.25, 0.3) is 0 Å². The topological polar surface area (TPSA) is 25.8 Å². The van der Waals surface area contributed by atoms with Crippen molar-refractivity contribution in [2.24, 2.45) is 0 Å². The van der Waals surface area contributed by atoms with Gasteiger partial charge in [-0.2, -0.15) is 4.37 Å². The van der Waals surface area contributed by atoms with Gasteiger partial charge in [-0.25, -0.2) is 9.37 Å². The van der Waals surface area contributed by atoms with E-state index >= 15 is 0 Å². The Bertz CT molecular complexity index is 430. The Labute approximate surface area is 83.2 Å². The molecule has 0 aliphatic carbocycles. The lowest BCUT2D eigenvalue weighted by atomic mass is 10.2. The van der Waals surface area contributed by atoms with Gasteiger partial charge in [-0.1, -0.05) is 12.1 Å². The Balaban J connectivity index is 2.46. The summed E-state index contributed by atoms with van der Waals surface area (Å²) in [6, 6.07) is 6.17. The summed E-state index contributed by atoms with van der Waals surface area (Å²) in [7, 11) is 0. The van der Waals surface area contributed by atoms with Crippen molar-refractivity contribution < 1.29 is 4.39 Å². The van der Waals surface area contributed by atoms with Crippen LogP contribution in [0.4, 0.5) is 4.39 Å². The van der Waals surface area contributed by atoms with Crippen molar-refractivity contribution in [2.45, 2.75) is 0 Å². The molecule has 2 nitrogen and oxygen atoms in total. The summed E-state index contributed by atoms with van der Waals surface area (Å²) in [5, 5.41) is 0.828. The van der Waals surface area contributed by atoms with Gasteiger partial charge >= 0.3 is 0 Å². The number of hydrogen-bond acceptors (Lipinski definition) is 3. The van der Waals surface area contributed by atoms with Crippen LogP contribution >= 0.6 is 23.1 Å². The average Bonchev–Trinajstić information content (AvgIpc) is 2.52. The number of benzene rings is 1. The fraction of sp³-hybridized carbons (Fsp3) is 0. The zero-order valence-electron chi connectivity index (χ0n) is 6.37. The predicted molar refractivity (Wildman–Crippen MR) is 50.3 cm³/mol. The molecule has 66 valence electrons. The SMILES string of the molecule is Fc1cccc(-c2nc(Cl)ns2)c1. The highest BCUT2D eigenvalue weighted by molar-refractivity contribution is 7.09. The summed E-state index contributed by atoms with van der Waals surface area (Å²) >= 11 is 6.70. The number of nitrogens with zero attached hydrogens (tertiary/aromatic N) is 2. The third-order valence-electron chi connectivity index (χ3n) is 1.47. The van der Waals surface area contributed by atoms with E-state index in [1.165, 1.54) is 12.1 Å². The van der Waals surface area contributed by atoms with Crippen LogP contribution in [0.25, 0.3) is 10.6 Å². The van der Waals surface area contributed by atoms with Crippen LogP contribution in [-0.2, 0) is 0 Å². The minimum atomic E-state index is -0.288. The Kier molecular flexibility index (Phi) is 2.24. The van der Waals surface area contributed by atoms with Gasteiger partial charge in [-0.3, -0.25) is 0 Å². The van der Waals surface area contributed by atoms with Crippen molar-refractivity contribution in [2.75, 3.05) is 0 Å². The molecule has 0 bridgehead atoms. The van der Waals surface area contributed by atoms with Crippen LogP contribution in [0.1, 0.15) is 0 Å². The normalized spacial score (nSPS) is 10.3. The van der Waals surface area contributed by atoms with E-state index in [2.05, 4.69) is 9.36 Å². The van der Waals surface area contributed by atoms with Gasteiger partial charge in [-0.15, -0.1) is 0 Å². The molecule has 0 fully saturated rings. The first-order chi connectivity index (χ1) is 6.25. The van der Waals surface area contributed by atoms with E-state index in [1.54, 1.807) is 12.1 Å². The molecule has 0 spiro atoms. The van der Waals surface area contributed by atoms with E-state index in [-0.39, 0.29) is 11.1 Å². The molecule has 0 saturated heterocycles. The zero-order valence-corrected chi connectivity index (χ0v) is 7.94. The molecule has 0 saturated carbocycles. The standard InChI is InChI=1S/C8H4ClFN2S/c9-8-11-7(13-12-8)5-2-1-3-6(10)4-5/h1-4H. The maximum absolute atomic E-state index is 12.8. The second-order valence-electron chi connectivity index (χ2n) is 2.38. The molecule has 1 aromatic heterocycles. The molecule has 2 aromatic rings. The first-order valence-corrected chi connectivity index (χ1v) is 4.66. The zero-order chi connectivity index (χ0) is 9.26. The second-order valence-corrected chi connectivity index (χ2v) is 3.47. The van der Waals surface area contributed by atoms with Gasteiger partial charge in [0.1, 0.15) is 10.8 Å². The molecular formula is C8H4ClFN2S. The first kappa shape index (κ1) is 8.59. The van der Waals surface area contributed by atoms with Crippen molar-refractivity contribution in [3.63, 3.8) is 0 Å². The van der Waals surface area contributed by atoms with Crippen LogP contribution in [0.15, 0.2) is 24.3 Å². The summed E-state index contributed by atoms with van der Waals surface area (Å²) in [6.45, 7) is 0. The summed E-state index contributed by atoms with van der Waals surface area (Å²) < 4.78 is 16.6. The molecule has 0 N–H and O–H groups in total. The van der Waals surface area contributed by atoms with E-state index in [0.29, 0.717) is 10.6 Å². The van der Waals surface area contributed by atoms with Crippen LogP contribution < -0.4 is 0 Å². The molecule has 0 unspecified atom stereocenters. The fourth-order valence-electron chi connectivity index (χ4n) is 0.944. The third kappa shape index (κ3) is 1.84. The largest absolute Gasteiger partial charge is 0.234 e. The Morgan fingerprint density at radius 2 is 2.23 bits per heavy atom. The lowest BCUT2D eigenvalue weighted by molar-refractivity contribution is 0.628. The molecule has 1 aromatic carbocycles. The Morgan fingerprint density at radius 1 is 1.38 bits per heavy atom.